The Morgan fingerprint density at radius 3 is 2.30 bits per heavy atom. The van der Waals surface area contributed by atoms with E-state index in [-0.39, 0.29) is 18.5 Å². The van der Waals surface area contributed by atoms with Gasteiger partial charge in [0.05, 0.1) is 18.2 Å². The number of rotatable bonds is 5. The molecule has 2 N–H and O–H groups in total. The van der Waals surface area contributed by atoms with E-state index in [1.54, 1.807) is 26.0 Å². The molecule has 0 unspecified atom stereocenters. The maximum absolute atomic E-state index is 13.0. The Morgan fingerprint density at radius 1 is 1.11 bits per heavy atom. The van der Waals surface area contributed by atoms with Crippen molar-refractivity contribution in [2.24, 2.45) is 0 Å². The summed E-state index contributed by atoms with van der Waals surface area (Å²) in [4.78, 5) is 26.1. The van der Waals surface area contributed by atoms with E-state index in [2.05, 4.69) is 10.6 Å². The van der Waals surface area contributed by atoms with Crippen LogP contribution in [0.3, 0.4) is 0 Å². The van der Waals surface area contributed by atoms with E-state index in [1.165, 1.54) is 23.9 Å². The summed E-state index contributed by atoms with van der Waals surface area (Å²) in [5.41, 5.74) is 1.64. The number of amides is 2. The molecule has 1 atom stereocenters. The molecule has 7 heteroatoms. The third kappa shape index (κ3) is 4.49. The summed E-state index contributed by atoms with van der Waals surface area (Å²) in [7, 11) is 0. The van der Waals surface area contributed by atoms with Gasteiger partial charge in [0.1, 0.15) is 5.82 Å². The van der Waals surface area contributed by atoms with Crippen LogP contribution < -0.4 is 10.6 Å². The number of hydrogen-bond acceptors (Lipinski definition) is 4. The zero-order chi connectivity index (χ0) is 19.4. The second-order valence-electron chi connectivity index (χ2n) is 5.92. The van der Waals surface area contributed by atoms with Crippen molar-refractivity contribution in [2.45, 2.75) is 29.7 Å². The molecule has 140 valence electrons. The topological polar surface area (TPSA) is 67.4 Å². The molecule has 2 aromatic rings. The molecular weight excluding hydrogens is 367 g/mol. The smallest absolute Gasteiger partial charge is 0.338 e. The molecule has 0 fully saturated rings. The summed E-state index contributed by atoms with van der Waals surface area (Å²) in [6.45, 7) is 3.67. The Labute approximate surface area is 161 Å². The lowest BCUT2D eigenvalue weighted by molar-refractivity contribution is -0.139. The highest BCUT2D eigenvalue weighted by atomic mass is 32.2. The van der Waals surface area contributed by atoms with E-state index in [4.69, 9.17) is 4.74 Å². The zero-order valence-electron chi connectivity index (χ0n) is 14.9. The molecule has 5 nitrogen and oxygen atoms in total. The first-order valence-electron chi connectivity index (χ1n) is 8.46. The van der Waals surface area contributed by atoms with Crippen molar-refractivity contribution in [1.82, 2.24) is 10.6 Å². The van der Waals surface area contributed by atoms with Crippen molar-refractivity contribution in [3.8, 4) is 0 Å². The number of ether oxygens (including phenoxy) is 1. The van der Waals surface area contributed by atoms with Crippen LogP contribution in [-0.2, 0) is 9.53 Å². The van der Waals surface area contributed by atoms with Crippen LogP contribution in [0, 0.1) is 5.82 Å². The molecule has 0 radical (unpaired) electrons. The molecule has 0 aliphatic carbocycles. The molecule has 1 aliphatic rings. The monoisotopic (exact) mass is 386 g/mol. The number of allylic oxidation sites excluding steroid dienone is 1. The van der Waals surface area contributed by atoms with Gasteiger partial charge in [-0.15, -0.1) is 0 Å². The van der Waals surface area contributed by atoms with Crippen molar-refractivity contribution in [3.63, 3.8) is 0 Å². The first-order valence-corrected chi connectivity index (χ1v) is 9.28. The molecule has 2 amide bonds. The highest BCUT2D eigenvalue weighted by molar-refractivity contribution is 7.99. The minimum absolute atomic E-state index is 0.253. The Hall–Kier alpha value is -2.80. The third-order valence-corrected chi connectivity index (χ3v) is 5.04. The van der Waals surface area contributed by atoms with Gasteiger partial charge in [0.25, 0.3) is 0 Å². The average molecular weight is 386 g/mol. The zero-order valence-corrected chi connectivity index (χ0v) is 15.7. The van der Waals surface area contributed by atoms with Gasteiger partial charge in [-0.1, -0.05) is 23.9 Å². The largest absolute Gasteiger partial charge is 0.463 e. The Morgan fingerprint density at radius 2 is 1.70 bits per heavy atom. The first-order chi connectivity index (χ1) is 13.0. The number of benzene rings is 2. The predicted octanol–water partition coefficient (Wildman–Crippen LogP) is 4.17. The summed E-state index contributed by atoms with van der Waals surface area (Å²) in [6.07, 6.45) is 0. The van der Waals surface area contributed by atoms with Gasteiger partial charge in [-0.05, 0) is 55.8 Å². The van der Waals surface area contributed by atoms with Gasteiger partial charge in [0.2, 0.25) is 0 Å². The second-order valence-corrected chi connectivity index (χ2v) is 7.06. The number of hydrogen-bond donors (Lipinski definition) is 2. The third-order valence-electron chi connectivity index (χ3n) is 4.03. The standard InChI is InChI=1S/C20H19FN2O3S/c1-3-26-19(24)17-12(2)22-20(25)23-18(17)13-4-8-15(9-5-13)27-16-10-6-14(21)7-11-16/h4-11,18H,3H2,1-2H3,(H2,22,23,25)/t18-/m1/s1. The number of halogens is 1. The molecule has 0 saturated carbocycles. The van der Waals surface area contributed by atoms with Crippen LogP contribution in [0.4, 0.5) is 9.18 Å². The van der Waals surface area contributed by atoms with Gasteiger partial charge >= 0.3 is 12.0 Å². The lowest BCUT2D eigenvalue weighted by Crippen LogP contribution is -2.45. The molecule has 0 saturated heterocycles. The lowest BCUT2D eigenvalue weighted by Gasteiger charge is -2.28. The lowest BCUT2D eigenvalue weighted by atomic mass is 9.96. The predicted molar refractivity (Wildman–Crippen MR) is 101 cm³/mol. The van der Waals surface area contributed by atoms with Crippen LogP contribution >= 0.6 is 11.8 Å². The van der Waals surface area contributed by atoms with Gasteiger partial charge < -0.3 is 15.4 Å². The summed E-state index contributed by atoms with van der Waals surface area (Å²) >= 11 is 1.50. The van der Waals surface area contributed by atoms with Gasteiger partial charge in [0.15, 0.2) is 0 Å². The Balaban J connectivity index is 1.83. The van der Waals surface area contributed by atoms with E-state index < -0.39 is 12.0 Å². The average Bonchev–Trinajstić information content (AvgIpc) is 2.64. The number of urea groups is 1. The van der Waals surface area contributed by atoms with E-state index in [0.29, 0.717) is 11.3 Å². The van der Waals surface area contributed by atoms with Crippen LogP contribution in [0.15, 0.2) is 69.6 Å². The molecule has 0 bridgehead atoms. The quantitative estimate of drug-likeness (QED) is 0.757. The van der Waals surface area contributed by atoms with Crippen LogP contribution in [-0.4, -0.2) is 18.6 Å². The van der Waals surface area contributed by atoms with Crippen molar-refractivity contribution < 1.29 is 18.7 Å². The van der Waals surface area contributed by atoms with E-state index in [0.717, 1.165) is 15.4 Å². The maximum atomic E-state index is 13.0. The maximum Gasteiger partial charge on any atom is 0.338 e. The molecular formula is C20H19FN2O3S. The van der Waals surface area contributed by atoms with Crippen molar-refractivity contribution in [3.05, 3.63) is 71.2 Å². The van der Waals surface area contributed by atoms with Crippen molar-refractivity contribution >= 4 is 23.8 Å². The van der Waals surface area contributed by atoms with Crippen LogP contribution in [0.2, 0.25) is 0 Å². The highest BCUT2D eigenvalue weighted by Gasteiger charge is 2.31. The van der Waals surface area contributed by atoms with Gasteiger partial charge in [0, 0.05) is 15.5 Å². The van der Waals surface area contributed by atoms with Crippen molar-refractivity contribution in [1.29, 1.82) is 0 Å². The van der Waals surface area contributed by atoms with Crippen LogP contribution in [0.1, 0.15) is 25.5 Å². The van der Waals surface area contributed by atoms with Gasteiger partial charge in [-0.25, -0.2) is 14.0 Å². The van der Waals surface area contributed by atoms with Crippen molar-refractivity contribution in [2.75, 3.05) is 6.61 Å². The fourth-order valence-electron chi connectivity index (χ4n) is 2.79. The normalized spacial score (nSPS) is 16.6. The molecule has 27 heavy (non-hydrogen) atoms. The van der Waals surface area contributed by atoms with Crippen LogP contribution in [0.25, 0.3) is 0 Å². The minimum atomic E-state index is -0.581. The van der Waals surface area contributed by atoms with Crippen LogP contribution in [0.5, 0.6) is 0 Å². The highest BCUT2D eigenvalue weighted by Crippen LogP contribution is 2.31. The summed E-state index contributed by atoms with van der Waals surface area (Å²) in [5.74, 6) is -0.734. The number of carbonyl (C=O) groups excluding carboxylic acids is 2. The second kappa shape index (κ2) is 8.26. The number of carbonyl (C=O) groups is 2. The summed E-state index contributed by atoms with van der Waals surface area (Å²) in [6, 6.07) is 12.8. The summed E-state index contributed by atoms with van der Waals surface area (Å²) < 4.78 is 18.1. The molecule has 0 spiro atoms. The SMILES string of the molecule is CCOC(=O)C1=C(C)NC(=O)N[C@@H]1c1ccc(Sc2ccc(F)cc2)cc1. The summed E-state index contributed by atoms with van der Waals surface area (Å²) in [5, 5.41) is 5.38. The molecule has 1 aliphatic heterocycles. The van der Waals surface area contributed by atoms with Gasteiger partial charge in [-0.2, -0.15) is 0 Å². The number of esters is 1. The van der Waals surface area contributed by atoms with E-state index in [1.807, 2.05) is 24.3 Å². The van der Waals surface area contributed by atoms with E-state index >= 15 is 0 Å². The first kappa shape index (κ1) is 19.0. The Bertz CT molecular complexity index is 879. The molecule has 3 rings (SSSR count). The minimum Gasteiger partial charge on any atom is -0.463 e. The number of nitrogens with one attached hydrogen (secondary N) is 2. The van der Waals surface area contributed by atoms with Gasteiger partial charge in [-0.3, -0.25) is 0 Å². The fraction of sp³-hybridized carbons (Fsp3) is 0.200. The fourth-order valence-corrected chi connectivity index (χ4v) is 3.61. The van der Waals surface area contributed by atoms with E-state index in [9.17, 15) is 14.0 Å². The Kier molecular flexibility index (Phi) is 5.81. The molecule has 0 aromatic heterocycles. The molecule has 2 aromatic carbocycles. The molecule has 1 heterocycles.